The Morgan fingerprint density at radius 2 is 0.609 bits per heavy atom. The summed E-state index contributed by atoms with van der Waals surface area (Å²) in [4.78, 5) is 20.5. The Bertz CT molecular complexity index is 4600. The van der Waals surface area contributed by atoms with E-state index in [4.69, 9.17) is 0 Å². The highest BCUT2D eigenvalue weighted by atomic mass is 32.1. The van der Waals surface area contributed by atoms with Crippen molar-refractivity contribution in [1.29, 1.82) is 0 Å². The van der Waals surface area contributed by atoms with Crippen molar-refractivity contribution in [2.75, 3.05) is 0 Å². The fraction of sp³-hybridized carbons (Fsp3) is 0.495. The summed E-state index contributed by atoms with van der Waals surface area (Å²) in [7, 11) is 0. The van der Waals surface area contributed by atoms with Crippen LogP contribution in [0.25, 0.3) is 94.4 Å². The molecule has 110 heavy (non-hydrogen) atoms. The number of rotatable bonds is 50. The summed E-state index contributed by atoms with van der Waals surface area (Å²) >= 11 is 15.1. The van der Waals surface area contributed by atoms with Gasteiger partial charge in [0.05, 0.1) is 25.8 Å². The molecule has 2 aliphatic rings. The summed E-state index contributed by atoms with van der Waals surface area (Å²) in [5.74, 6) is 0. The SMILES string of the molecule is CCCCCCCCc1ccc(C2=[N+]3C(=Cc4c5ccc(-c6cc(-c7ccc(CCCCCCCC)s7)c(-c7ccc(CCCCCCCC)s7)s6)cc5c(-c5ccc(CCCCCCCC)s5)n4[B-]3(F)F)c3ccc(-c4cc(-c5ccc(CCCCCCCC)s5)c(-c5ccc(CCCCCCCC)s5)s4)cc32)s1. The van der Waals surface area contributed by atoms with Crippen molar-refractivity contribution >= 4 is 126 Å². The average molecular weight is 1620 g/mol. The monoisotopic (exact) mass is 1620 g/mol. The maximum Gasteiger partial charge on any atom is 0.738 e. The molecule has 11 aromatic rings. The molecule has 11 heterocycles. The van der Waals surface area contributed by atoms with Gasteiger partial charge in [0.25, 0.3) is 0 Å². The van der Waals surface area contributed by atoms with E-state index < -0.39 is 6.97 Å². The van der Waals surface area contributed by atoms with Crippen LogP contribution in [0.1, 0.15) is 324 Å². The van der Waals surface area contributed by atoms with Gasteiger partial charge in [-0.25, -0.2) is 0 Å². The molecular formula is C97H123BF2N2S8. The topological polar surface area (TPSA) is 7.94 Å². The Balaban J connectivity index is 0.917. The third kappa shape index (κ3) is 20.8. The number of hydrogen-bond acceptors (Lipinski definition) is 8. The minimum absolute atomic E-state index is 0.599. The molecule has 0 amide bonds. The maximum atomic E-state index is 20.0. The van der Waals surface area contributed by atoms with Crippen LogP contribution >= 0.6 is 90.7 Å². The van der Waals surface area contributed by atoms with Crippen molar-refractivity contribution in [1.82, 2.24) is 4.48 Å². The number of aryl methyl sites for hydroxylation is 6. The lowest BCUT2D eigenvalue weighted by Gasteiger charge is -2.30. The van der Waals surface area contributed by atoms with E-state index in [9.17, 15) is 0 Å². The molecule has 2 aromatic carbocycles. The zero-order chi connectivity index (χ0) is 76.0. The molecule has 0 fully saturated rings. The first-order valence-electron chi connectivity index (χ1n) is 43.6. The Kier molecular flexibility index (Phi) is 31.6. The minimum Gasteiger partial charge on any atom is -0.389 e. The second-order valence-corrected chi connectivity index (χ2v) is 41.0. The van der Waals surface area contributed by atoms with Crippen LogP contribution in [-0.4, -0.2) is 21.6 Å². The van der Waals surface area contributed by atoms with Crippen LogP contribution < -0.4 is 0 Å². The molecule has 0 spiro atoms. The molecule has 586 valence electrons. The van der Waals surface area contributed by atoms with Gasteiger partial charge in [0.15, 0.2) is 11.4 Å². The largest absolute Gasteiger partial charge is 0.738 e. The molecule has 0 saturated heterocycles. The number of halogens is 2. The molecule has 0 aliphatic carbocycles. The summed E-state index contributed by atoms with van der Waals surface area (Å²) in [6.45, 7) is 9.25. The van der Waals surface area contributed by atoms with Gasteiger partial charge in [-0.3, -0.25) is 0 Å². The Morgan fingerprint density at radius 3 is 1.02 bits per heavy atom. The Morgan fingerprint density at radius 1 is 0.282 bits per heavy atom. The summed E-state index contributed by atoms with van der Waals surface area (Å²) in [6.07, 6.45) is 54.2. The molecule has 2 nitrogen and oxygen atoms in total. The Hall–Kier alpha value is -5.09. The number of unbranched alkanes of at least 4 members (excludes halogenated alkanes) is 30. The molecule has 2 aliphatic heterocycles. The predicted octanol–water partition coefficient (Wildman–Crippen LogP) is 34.8. The van der Waals surface area contributed by atoms with Gasteiger partial charge in [-0.15, -0.1) is 90.7 Å². The van der Waals surface area contributed by atoms with Crippen molar-refractivity contribution in [2.24, 2.45) is 0 Å². The van der Waals surface area contributed by atoms with Gasteiger partial charge in [-0.05, 0) is 191 Å². The highest BCUT2D eigenvalue weighted by Gasteiger charge is 2.56. The summed E-state index contributed by atoms with van der Waals surface area (Å²) < 4.78 is 43.0. The highest BCUT2D eigenvalue weighted by Crippen LogP contribution is 2.54. The lowest BCUT2D eigenvalue weighted by atomic mass is 9.89. The van der Waals surface area contributed by atoms with Gasteiger partial charge in [0, 0.05) is 103 Å². The van der Waals surface area contributed by atoms with Gasteiger partial charge in [-0.2, -0.15) is 0 Å². The third-order valence-corrected chi connectivity index (χ3v) is 32.8. The van der Waals surface area contributed by atoms with Crippen LogP contribution in [0.4, 0.5) is 8.63 Å². The third-order valence-electron chi connectivity index (χ3n) is 23.1. The van der Waals surface area contributed by atoms with Crippen molar-refractivity contribution in [3.63, 3.8) is 0 Å². The Labute approximate surface area is 692 Å². The summed E-state index contributed by atoms with van der Waals surface area (Å²) in [5.41, 5.74) is 9.02. The van der Waals surface area contributed by atoms with Gasteiger partial charge in [0.2, 0.25) is 0 Å². The van der Waals surface area contributed by atoms with Gasteiger partial charge in [-0.1, -0.05) is 252 Å². The lowest BCUT2D eigenvalue weighted by molar-refractivity contribution is -0.316. The van der Waals surface area contributed by atoms with E-state index in [1.54, 1.807) is 22.7 Å². The van der Waals surface area contributed by atoms with Gasteiger partial charge in [0.1, 0.15) is 0 Å². The van der Waals surface area contributed by atoms with Crippen molar-refractivity contribution in [3.05, 3.63) is 172 Å². The molecule has 0 atom stereocenters. The van der Waals surface area contributed by atoms with E-state index >= 15 is 8.63 Å². The number of benzene rings is 2. The molecule has 0 saturated carbocycles. The first-order chi connectivity index (χ1) is 54.1. The normalized spacial score (nSPS) is 13.3. The lowest BCUT2D eigenvalue weighted by Crippen LogP contribution is -2.50. The standard InChI is InChI=1S/C97H123BF2N2S8/c1-7-13-19-25-31-37-43-72-51-59-86(103-72)82-67-92(109-96(82)90-63-55-76(107-90)47-41-35-29-23-17-11-5)70-49-57-78-80(65-70)94(88-61-53-74(105-88)45-39-33-27-21-15-9-3)101-84(78)69-85-79-58-50-71(66-81(79)95(102(85)98(101,99)100)89-62-54-75(106-89)46-40-34-28-22-16-10-4)93-68-83(87-60-52-73(104-87)44-38-32-26-20-14-8-2)97(110-93)91-64-56-77(108-91)48-42-36-30-24-18-12-6/h49-69H,7-48H2,1-6H3. The molecule has 0 unspecified atom stereocenters. The van der Waals surface area contributed by atoms with Crippen LogP contribution in [0.3, 0.4) is 0 Å². The van der Waals surface area contributed by atoms with E-state index in [1.807, 2.05) is 68.0 Å². The zero-order valence-corrected chi connectivity index (χ0v) is 73.8. The van der Waals surface area contributed by atoms with E-state index in [2.05, 4.69) is 169 Å². The van der Waals surface area contributed by atoms with Crippen LogP contribution in [0.5, 0.6) is 0 Å². The van der Waals surface area contributed by atoms with Crippen molar-refractivity contribution in [3.8, 4) is 71.8 Å². The maximum absolute atomic E-state index is 20.0. The average Bonchev–Trinajstić information content (AvgIpc) is 1.52. The fourth-order valence-corrected chi connectivity index (χ4v) is 26.0. The zero-order valence-electron chi connectivity index (χ0n) is 67.3. The first kappa shape index (κ1) is 82.9. The first-order valence-corrected chi connectivity index (χ1v) is 50.2. The number of hydrogen-bond donors (Lipinski definition) is 0. The van der Waals surface area contributed by atoms with Crippen LogP contribution in [0, 0.1) is 0 Å². The second kappa shape index (κ2) is 42.0. The van der Waals surface area contributed by atoms with Crippen LogP contribution in [0.2, 0.25) is 0 Å². The highest BCUT2D eigenvalue weighted by molar-refractivity contribution is 7.26. The van der Waals surface area contributed by atoms with Crippen molar-refractivity contribution < 1.29 is 13.1 Å². The number of aromatic nitrogens is 1. The van der Waals surface area contributed by atoms with E-state index in [-0.39, 0.29) is 0 Å². The molecule has 0 radical (unpaired) electrons. The number of fused-ring (bicyclic) bond motifs is 6. The summed E-state index contributed by atoms with van der Waals surface area (Å²) in [5, 5.41) is 1.78. The molecular weight excluding hydrogens is 1500 g/mol. The van der Waals surface area contributed by atoms with Crippen molar-refractivity contribution in [2.45, 2.75) is 311 Å². The summed E-state index contributed by atoms with van der Waals surface area (Å²) in [6, 6.07) is 46.4. The van der Waals surface area contributed by atoms with Gasteiger partial charge >= 0.3 is 6.97 Å². The van der Waals surface area contributed by atoms with E-state index in [1.165, 1.54) is 307 Å². The number of thiophene rings is 8. The van der Waals surface area contributed by atoms with Crippen LogP contribution in [0.15, 0.2) is 121 Å². The second-order valence-electron chi connectivity index (χ2n) is 31.9. The predicted molar refractivity (Wildman–Crippen MR) is 493 cm³/mol. The molecule has 9 aromatic heterocycles. The fourth-order valence-electron chi connectivity index (χ4n) is 16.8. The molecule has 0 N–H and O–H groups in total. The van der Waals surface area contributed by atoms with Crippen LogP contribution in [-0.2, 0) is 38.5 Å². The molecule has 0 bridgehead atoms. The van der Waals surface area contributed by atoms with E-state index in [0.717, 1.165) is 94.1 Å². The van der Waals surface area contributed by atoms with Gasteiger partial charge < -0.3 is 17.6 Å². The smallest absolute Gasteiger partial charge is 0.389 e. The minimum atomic E-state index is -4.51. The number of nitrogens with zero attached hydrogens (tertiary/aromatic N) is 2. The molecule has 13 heteroatoms. The quantitative estimate of drug-likeness (QED) is 0.0265. The van der Waals surface area contributed by atoms with E-state index in [0.29, 0.717) is 22.8 Å². The molecule has 13 rings (SSSR count).